The van der Waals surface area contributed by atoms with Crippen LogP contribution in [0, 0.1) is 0 Å². The molecule has 7 heteroatoms. The maximum atomic E-state index is 10.4. The summed E-state index contributed by atoms with van der Waals surface area (Å²) in [6, 6.07) is 17.4. The molecule has 0 unspecified atom stereocenters. The van der Waals surface area contributed by atoms with Gasteiger partial charge in [-0.05, 0) is 35.9 Å². The van der Waals surface area contributed by atoms with Crippen molar-refractivity contribution < 1.29 is 24.1 Å². The van der Waals surface area contributed by atoms with Crippen molar-refractivity contribution in [2.75, 3.05) is 26.9 Å². The predicted molar refractivity (Wildman–Crippen MR) is 107 cm³/mol. The molecule has 0 saturated heterocycles. The molecule has 7 nitrogen and oxygen atoms in total. The predicted octanol–water partition coefficient (Wildman–Crippen LogP) is 3.22. The van der Waals surface area contributed by atoms with Crippen molar-refractivity contribution in [1.29, 1.82) is 0 Å². The molecule has 0 amide bonds. The fraction of sp³-hybridized carbons (Fsp3) is 0.227. The summed E-state index contributed by atoms with van der Waals surface area (Å²) in [6.45, 7) is 0.139. The van der Waals surface area contributed by atoms with Gasteiger partial charge in [0.1, 0.15) is 31.0 Å². The minimum Gasteiger partial charge on any atom is -0.497 e. The molecule has 0 aliphatic carbocycles. The van der Waals surface area contributed by atoms with Crippen LogP contribution >= 0.6 is 0 Å². The molecule has 0 fully saturated rings. The van der Waals surface area contributed by atoms with Gasteiger partial charge in [-0.1, -0.05) is 24.3 Å². The first-order valence-electron chi connectivity index (χ1n) is 9.10. The maximum Gasteiger partial charge on any atom is 0.329 e. The van der Waals surface area contributed by atoms with E-state index < -0.39 is 5.97 Å². The third kappa shape index (κ3) is 6.29. The van der Waals surface area contributed by atoms with Gasteiger partial charge in [-0.15, -0.1) is 0 Å². The average molecular weight is 394 g/mol. The lowest BCUT2D eigenvalue weighted by atomic mass is 10.1. The van der Waals surface area contributed by atoms with Gasteiger partial charge in [0.15, 0.2) is 0 Å². The van der Waals surface area contributed by atoms with Crippen LogP contribution in [0.5, 0.6) is 11.5 Å². The first-order valence-corrected chi connectivity index (χ1v) is 9.10. The Kier molecular flexibility index (Phi) is 7.13. The van der Waals surface area contributed by atoms with E-state index in [9.17, 15) is 4.79 Å². The highest BCUT2D eigenvalue weighted by Crippen LogP contribution is 2.23. The SMILES string of the molecule is COc1ccc(Cc2cc(-c3cccc(OCCOCC(=O)O)c3)ncn2)cc1. The van der Waals surface area contributed by atoms with Crippen molar-refractivity contribution >= 4 is 5.97 Å². The Labute approximate surface area is 168 Å². The first kappa shape index (κ1) is 20.3. The summed E-state index contributed by atoms with van der Waals surface area (Å²) in [7, 11) is 1.65. The van der Waals surface area contributed by atoms with Crippen molar-refractivity contribution in [3.05, 3.63) is 72.2 Å². The number of aromatic nitrogens is 2. The Morgan fingerprint density at radius 1 is 1.00 bits per heavy atom. The summed E-state index contributed by atoms with van der Waals surface area (Å²) in [5.41, 5.74) is 3.76. The lowest BCUT2D eigenvalue weighted by molar-refractivity contribution is -0.142. The number of hydrogen-bond donors (Lipinski definition) is 1. The molecule has 3 rings (SSSR count). The van der Waals surface area contributed by atoms with Crippen molar-refractivity contribution in [2.45, 2.75) is 6.42 Å². The highest BCUT2D eigenvalue weighted by atomic mass is 16.5. The molecule has 1 aromatic heterocycles. The summed E-state index contributed by atoms with van der Waals surface area (Å²) in [4.78, 5) is 19.2. The van der Waals surface area contributed by atoms with Crippen LogP contribution in [0.25, 0.3) is 11.3 Å². The van der Waals surface area contributed by atoms with Crippen LogP contribution < -0.4 is 9.47 Å². The minimum absolute atomic E-state index is 0.204. The van der Waals surface area contributed by atoms with E-state index in [4.69, 9.17) is 19.3 Å². The van der Waals surface area contributed by atoms with Crippen LogP contribution in [-0.4, -0.2) is 48.0 Å². The molecule has 0 saturated carbocycles. The Balaban J connectivity index is 1.64. The largest absolute Gasteiger partial charge is 0.497 e. The van der Waals surface area contributed by atoms with E-state index >= 15 is 0 Å². The topological polar surface area (TPSA) is 90.8 Å². The zero-order valence-electron chi connectivity index (χ0n) is 16.1. The van der Waals surface area contributed by atoms with Gasteiger partial charge in [-0.25, -0.2) is 14.8 Å². The zero-order valence-corrected chi connectivity index (χ0v) is 16.1. The van der Waals surface area contributed by atoms with Crippen LogP contribution in [0.1, 0.15) is 11.3 Å². The maximum absolute atomic E-state index is 10.4. The molecule has 0 aliphatic rings. The lowest BCUT2D eigenvalue weighted by Gasteiger charge is -2.09. The molecule has 150 valence electrons. The van der Waals surface area contributed by atoms with Gasteiger partial charge >= 0.3 is 5.97 Å². The van der Waals surface area contributed by atoms with E-state index in [-0.39, 0.29) is 19.8 Å². The quantitative estimate of drug-likeness (QED) is 0.528. The Bertz CT molecular complexity index is 944. The second-order valence-corrected chi connectivity index (χ2v) is 6.24. The number of aliphatic carboxylic acids is 1. The molecular weight excluding hydrogens is 372 g/mol. The molecule has 0 atom stereocenters. The van der Waals surface area contributed by atoms with Crippen LogP contribution in [-0.2, 0) is 16.0 Å². The molecule has 1 heterocycles. The summed E-state index contributed by atoms with van der Waals surface area (Å²) >= 11 is 0. The number of hydrogen-bond acceptors (Lipinski definition) is 6. The zero-order chi connectivity index (χ0) is 20.5. The van der Waals surface area contributed by atoms with E-state index in [0.717, 1.165) is 28.3 Å². The van der Waals surface area contributed by atoms with Crippen molar-refractivity contribution in [1.82, 2.24) is 9.97 Å². The van der Waals surface area contributed by atoms with Crippen molar-refractivity contribution in [3.63, 3.8) is 0 Å². The van der Waals surface area contributed by atoms with Crippen molar-refractivity contribution in [2.24, 2.45) is 0 Å². The summed E-state index contributed by atoms with van der Waals surface area (Å²) in [5.74, 6) is 0.486. The van der Waals surface area contributed by atoms with Gasteiger partial charge in [-0.3, -0.25) is 0 Å². The molecule has 3 aromatic rings. The van der Waals surface area contributed by atoms with Crippen LogP contribution in [0.15, 0.2) is 60.9 Å². The molecule has 0 aliphatic heterocycles. The van der Waals surface area contributed by atoms with E-state index in [1.54, 1.807) is 13.4 Å². The number of carbonyl (C=O) groups is 1. The van der Waals surface area contributed by atoms with Gasteiger partial charge < -0.3 is 19.3 Å². The van der Waals surface area contributed by atoms with Crippen molar-refractivity contribution in [3.8, 4) is 22.8 Å². The second kappa shape index (κ2) is 10.2. The van der Waals surface area contributed by atoms with Gasteiger partial charge in [-0.2, -0.15) is 0 Å². The molecule has 1 N–H and O–H groups in total. The Hall–Kier alpha value is -3.45. The Morgan fingerprint density at radius 3 is 2.59 bits per heavy atom. The normalized spacial score (nSPS) is 10.5. The molecule has 0 radical (unpaired) electrons. The first-order chi connectivity index (χ1) is 14.1. The fourth-order valence-corrected chi connectivity index (χ4v) is 2.73. The number of carboxylic acids is 1. The number of rotatable bonds is 10. The number of methoxy groups -OCH3 is 1. The lowest BCUT2D eigenvalue weighted by Crippen LogP contribution is -2.12. The average Bonchev–Trinajstić information content (AvgIpc) is 2.74. The highest BCUT2D eigenvalue weighted by molar-refractivity contribution is 5.68. The highest BCUT2D eigenvalue weighted by Gasteiger charge is 2.06. The summed E-state index contributed by atoms with van der Waals surface area (Å²) < 4.78 is 15.8. The van der Waals surface area contributed by atoms with Gasteiger partial charge in [0.05, 0.1) is 19.4 Å². The molecule has 0 spiro atoms. The molecular formula is C22H22N2O5. The minimum atomic E-state index is -0.999. The van der Waals surface area contributed by atoms with E-state index in [1.807, 2.05) is 54.6 Å². The number of ether oxygens (including phenoxy) is 3. The molecule has 0 bridgehead atoms. The molecule has 29 heavy (non-hydrogen) atoms. The summed E-state index contributed by atoms with van der Waals surface area (Å²) in [5, 5.41) is 8.55. The van der Waals surface area contributed by atoms with E-state index in [1.165, 1.54) is 0 Å². The third-order valence-corrected chi connectivity index (χ3v) is 4.12. The fourth-order valence-electron chi connectivity index (χ4n) is 2.73. The smallest absolute Gasteiger partial charge is 0.329 e. The van der Waals surface area contributed by atoms with Gasteiger partial charge in [0.25, 0.3) is 0 Å². The van der Waals surface area contributed by atoms with E-state index in [2.05, 4.69) is 9.97 Å². The Morgan fingerprint density at radius 2 is 1.83 bits per heavy atom. The standard InChI is InChI=1S/C22H22N2O5/c1-27-19-7-5-16(6-8-19)11-18-13-21(24-15-23-18)17-3-2-4-20(12-17)29-10-9-28-14-22(25)26/h2-8,12-13,15H,9-11,14H2,1H3,(H,25,26). The number of nitrogens with zero attached hydrogens (tertiary/aromatic N) is 2. The van der Waals surface area contributed by atoms with Crippen LogP contribution in [0.4, 0.5) is 0 Å². The van der Waals surface area contributed by atoms with Crippen LogP contribution in [0.3, 0.4) is 0 Å². The summed E-state index contributed by atoms with van der Waals surface area (Å²) in [6.07, 6.45) is 2.25. The van der Waals surface area contributed by atoms with Gasteiger partial charge in [0.2, 0.25) is 0 Å². The molecule has 2 aromatic carbocycles. The van der Waals surface area contributed by atoms with Crippen LogP contribution in [0.2, 0.25) is 0 Å². The van der Waals surface area contributed by atoms with E-state index in [0.29, 0.717) is 12.2 Å². The second-order valence-electron chi connectivity index (χ2n) is 6.24. The monoisotopic (exact) mass is 394 g/mol. The third-order valence-electron chi connectivity index (χ3n) is 4.12. The van der Waals surface area contributed by atoms with Gasteiger partial charge in [0, 0.05) is 17.7 Å². The number of benzene rings is 2. The number of carboxylic acid groups (broad SMARTS) is 1.